The first kappa shape index (κ1) is 28.3. The molecule has 2 aliphatic rings. The van der Waals surface area contributed by atoms with Crippen molar-refractivity contribution in [3.63, 3.8) is 0 Å². The topological polar surface area (TPSA) is 91.0 Å². The number of aromatic nitrogens is 2. The molecule has 2 aromatic carbocycles. The zero-order valence-electron chi connectivity index (χ0n) is 24.5. The molecule has 4 heterocycles. The monoisotopic (exact) mass is 583 g/mol. The first-order valence-corrected chi connectivity index (χ1v) is 14.3. The molecule has 2 amide bonds. The maximum atomic E-state index is 16.3. The standard InChI is InChI=1S/C33H34FN5O4/c1-21(40)39-12-6-7-22(20-39)23-17-24(26-19-35-11-10-29(26)42-2)25-18-27(36-32(25)31(23)34)33(41)38-15-13-37(14-16-38)28-8-4-5-9-30(28)43-3/h4-5,7-11,17-19,36H,6,12-16,20H2,1-3H3. The van der Waals surface area contributed by atoms with Crippen LogP contribution in [0.25, 0.3) is 27.6 Å². The molecule has 0 bridgehead atoms. The zero-order chi connectivity index (χ0) is 30.1. The number of para-hydroxylation sites is 2. The number of amides is 2. The molecule has 4 aromatic rings. The molecule has 2 aromatic heterocycles. The summed E-state index contributed by atoms with van der Waals surface area (Å²) in [6.45, 7) is 4.73. The van der Waals surface area contributed by atoms with Gasteiger partial charge in [0.15, 0.2) is 5.82 Å². The highest BCUT2D eigenvalue weighted by Gasteiger charge is 2.28. The lowest BCUT2D eigenvalue weighted by atomic mass is 9.93. The highest BCUT2D eigenvalue weighted by Crippen LogP contribution is 2.40. The van der Waals surface area contributed by atoms with Crippen LogP contribution < -0.4 is 14.4 Å². The number of benzene rings is 2. The Bertz CT molecular complexity index is 1720. The summed E-state index contributed by atoms with van der Waals surface area (Å²) in [4.78, 5) is 39.0. The Balaban J connectivity index is 1.37. The summed E-state index contributed by atoms with van der Waals surface area (Å²) in [6, 6.07) is 13.1. The fraction of sp³-hybridized carbons (Fsp3) is 0.303. The fourth-order valence-corrected chi connectivity index (χ4v) is 6.01. The van der Waals surface area contributed by atoms with Crippen molar-refractivity contribution in [1.82, 2.24) is 19.8 Å². The summed E-state index contributed by atoms with van der Waals surface area (Å²) in [7, 11) is 3.23. The van der Waals surface area contributed by atoms with Crippen LogP contribution in [0.1, 0.15) is 29.4 Å². The van der Waals surface area contributed by atoms with E-state index in [1.807, 2.05) is 30.3 Å². The van der Waals surface area contributed by atoms with Crippen LogP contribution in [0, 0.1) is 5.82 Å². The smallest absolute Gasteiger partial charge is 0.270 e. The summed E-state index contributed by atoms with van der Waals surface area (Å²) < 4.78 is 27.5. The maximum Gasteiger partial charge on any atom is 0.270 e. The largest absolute Gasteiger partial charge is 0.496 e. The quantitative estimate of drug-likeness (QED) is 0.344. The van der Waals surface area contributed by atoms with Crippen molar-refractivity contribution in [2.24, 2.45) is 0 Å². The van der Waals surface area contributed by atoms with E-state index in [0.29, 0.717) is 79.2 Å². The molecule has 6 rings (SSSR count). The van der Waals surface area contributed by atoms with Crippen molar-refractivity contribution in [3.8, 4) is 22.6 Å². The molecule has 0 saturated carbocycles. The van der Waals surface area contributed by atoms with E-state index in [1.54, 1.807) is 54.6 Å². The van der Waals surface area contributed by atoms with E-state index in [-0.39, 0.29) is 17.3 Å². The van der Waals surface area contributed by atoms with E-state index in [1.165, 1.54) is 6.92 Å². The van der Waals surface area contributed by atoms with Crippen LogP contribution in [0.5, 0.6) is 11.5 Å². The molecule has 1 saturated heterocycles. The molecular weight excluding hydrogens is 549 g/mol. The summed E-state index contributed by atoms with van der Waals surface area (Å²) in [5, 5.41) is 0.559. The Morgan fingerprint density at radius 3 is 2.42 bits per heavy atom. The van der Waals surface area contributed by atoms with Crippen molar-refractivity contribution in [2.45, 2.75) is 13.3 Å². The first-order chi connectivity index (χ1) is 20.9. The number of nitrogens with one attached hydrogen (secondary N) is 1. The molecule has 43 heavy (non-hydrogen) atoms. The molecule has 0 aliphatic carbocycles. The summed E-state index contributed by atoms with van der Waals surface area (Å²) >= 11 is 0. The van der Waals surface area contributed by atoms with Crippen LogP contribution in [0.15, 0.2) is 60.9 Å². The van der Waals surface area contributed by atoms with Gasteiger partial charge in [-0.15, -0.1) is 0 Å². The molecular formula is C33H34FN5O4. The fourth-order valence-electron chi connectivity index (χ4n) is 6.01. The average Bonchev–Trinajstić information content (AvgIpc) is 3.51. The number of rotatable bonds is 6. The van der Waals surface area contributed by atoms with Crippen LogP contribution in [0.4, 0.5) is 10.1 Å². The number of methoxy groups -OCH3 is 2. The summed E-state index contributed by atoms with van der Waals surface area (Å²) in [6.07, 6.45) is 5.92. The number of pyridine rings is 1. The summed E-state index contributed by atoms with van der Waals surface area (Å²) in [5.41, 5.74) is 4.00. The highest BCUT2D eigenvalue weighted by atomic mass is 19.1. The van der Waals surface area contributed by atoms with E-state index in [4.69, 9.17) is 9.47 Å². The number of hydrogen-bond donors (Lipinski definition) is 1. The second-order valence-corrected chi connectivity index (χ2v) is 10.7. The number of carbonyl (C=O) groups excluding carboxylic acids is 2. The molecule has 0 atom stereocenters. The van der Waals surface area contributed by atoms with Crippen LogP contribution in [0.3, 0.4) is 0 Å². The van der Waals surface area contributed by atoms with Gasteiger partial charge in [-0.05, 0) is 47.9 Å². The first-order valence-electron chi connectivity index (χ1n) is 14.3. The number of halogens is 1. The van der Waals surface area contributed by atoms with Gasteiger partial charge in [0.1, 0.15) is 17.2 Å². The van der Waals surface area contributed by atoms with Gasteiger partial charge < -0.3 is 29.2 Å². The second kappa shape index (κ2) is 11.8. The Labute approximate surface area is 249 Å². The SMILES string of the molecule is COc1ccncc1-c1cc(C2=CCCN(C(C)=O)C2)c(F)c2[nH]c(C(=O)N3CCN(c4ccccc4OC)CC3)cc12. The molecule has 0 unspecified atom stereocenters. The van der Waals surface area contributed by atoms with Gasteiger partial charge in [-0.25, -0.2) is 4.39 Å². The molecule has 10 heteroatoms. The lowest BCUT2D eigenvalue weighted by Gasteiger charge is -2.36. The van der Waals surface area contributed by atoms with Crippen LogP contribution in [-0.4, -0.2) is 85.1 Å². The minimum atomic E-state index is -0.460. The Hall–Kier alpha value is -4.86. The van der Waals surface area contributed by atoms with Crippen LogP contribution >= 0.6 is 0 Å². The predicted molar refractivity (Wildman–Crippen MR) is 164 cm³/mol. The third-order valence-corrected chi connectivity index (χ3v) is 8.31. The van der Waals surface area contributed by atoms with E-state index in [2.05, 4.69) is 14.9 Å². The maximum absolute atomic E-state index is 16.3. The van der Waals surface area contributed by atoms with E-state index < -0.39 is 5.82 Å². The number of piperazine rings is 1. The van der Waals surface area contributed by atoms with Gasteiger partial charge >= 0.3 is 0 Å². The van der Waals surface area contributed by atoms with Gasteiger partial charge in [0.2, 0.25) is 5.91 Å². The average molecular weight is 584 g/mol. The Morgan fingerprint density at radius 2 is 1.67 bits per heavy atom. The summed E-state index contributed by atoms with van der Waals surface area (Å²) in [5.74, 6) is 0.666. The second-order valence-electron chi connectivity index (χ2n) is 10.7. The number of fused-ring (bicyclic) bond motifs is 1. The van der Waals surface area contributed by atoms with Crippen molar-refractivity contribution in [1.29, 1.82) is 0 Å². The van der Waals surface area contributed by atoms with E-state index in [9.17, 15) is 9.59 Å². The van der Waals surface area contributed by atoms with Crippen LogP contribution in [0.2, 0.25) is 0 Å². The number of carbonyl (C=O) groups is 2. The van der Waals surface area contributed by atoms with Crippen molar-refractivity contribution in [2.75, 3.05) is 58.4 Å². The number of anilines is 1. The molecule has 1 N–H and O–H groups in total. The van der Waals surface area contributed by atoms with Crippen molar-refractivity contribution >= 4 is 34.0 Å². The van der Waals surface area contributed by atoms with E-state index >= 15 is 4.39 Å². The molecule has 0 spiro atoms. The highest BCUT2D eigenvalue weighted by molar-refractivity contribution is 6.05. The normalized spacial score (nSPS) is 15.4. The van der Waals surface area contributed by atoms with Gasteiger partial charge in [-0.2, -0.15) is 0 Å². The Kier molecular flexibility index (Phi) is 7.75. The molecule has 0 radical (unpaired) electrons. The lowest BCUT2D eigenvalue weighted by Crippen LogP contribution is -2.49. The molecule has 1 fully saturated rings. The van der Waals surface area contributed by atoms with Gasteiger partial charge in [-0.1, -0.05) is 18.2 Å². The van der Waals surface area contributed by atoms with Crippen molar-refractivity contribution < 1.29 is 23.5 Å². The van der Waals surface area contributed by atoms with Gasteiger partial charge in [0.05, 0.1) is 25.4 Å². The number of aromatic amines is 1. The third kappa shape index (κ3) is 5.29. The minimum absolute atomic E-state index is 0.0557. The predicted octanol–water partition coefficient (Wildman–Crippen LogP) is 4.98. The number of hydrogen-bond acceptors (Lipinski definition) is 6. The number of nitrogens with zero attached hydrogens (tertiary/aromatic N) is 4. The van der Waals surface area contributed by atoms with Gasteiger partial charge in [0.25, 0.3) is 5.91 Å². The third-order valence-electron chi connectivity index (χ3n) is 8.31. The van der Waals surface area contributed by atoms with Crippen LogP contribution in [-0.2, 0) is 4.79 Å². The minimum Gasteiger partial charge on any atom is -0.496 e. The number of H-pyrrole nitrogens is 1. The van der Waals surface area contributed by atoms with Crippen molar-refractivity contribution in [3.05, 3.63) is 78.0 Å². The molecule has 2 aliphatic heterocycles. The lowest BCUT2D eigenvalue weighted by molar-refractivity contribution is -0.128. The molecule has 222 valence electrons. The zero-order valence-corrected chi connectivity index (χ0v) is 24.5. The van der Waals surface area contributed by atoms with E-state index in [0.717, 1.165) is 17.0 Å². The van der Waals surface area contributed by atoms with Gasteiger partial charge in [-0.3, -0.25) is 14.6 Å². The van der Waals surface area contributed by atoms with Gasteiger partial charge in [0, 0.05) is 75.1 Å². The number of ether oxygens (including phenoxy) is 2. The Morgan fingerprint density at radius 1 is 0.907 bits per heavy atom. The molecule has 9 nitrogen and oxygen atoms in total.